The molecular weight excluding hydrogens is 260 g/mol. The molecule has 5 heteroatoms. The van der Waals surface area contributed by atoms with Crippen LogP contribution in [-0.2, 0) is 9.53 Å². The Balaban J connectivity index is 2.90. The van der Waals surface area contributed by atoms with Crippen molar-refractivity contribution in [2.45, 2.75) is 19.4 Å². The molecule has 0 radical (unpaired) electrons. The lowest BCUT2D eigenvalue weighted by atomic mass is 10.1. The van der Waals surface area contributed by atoms with Crippen molar-refractivity contribution in [1.29, 1.82) is 0 Å². The maximum absolute atomic E-state index is 10.6. The molecule has 0 aliphatic heterocycles. The number of carbonyl (C=O) groups is 1. The molecule has 0 amide bonds. The highest BCUT2D eigenvalue weighted by atomic mass is 16.5. The molecule has 1 unspecified atom stereocenters. The molecule has 20 heavy (non-hydrogen) atoms. The van der Waals surface area contributed by atoms with E-state index in [0.29, 0.717) is 23.7 Å². The number of benzene rings is 1. The summed E-state index contributed by atoms with van der Waals surface area (Å²) < 4.78 is 15.9. The van der Waals surface area contributed by atoms with Crippen LogP contribution in [0.4, 0.5) is 0 Å². The topological polar surface area (TPSA) is 65.0 Å². The Kier molecular flexibility index (Phi) is 6.59. The fourth-order valence-corrected chi connectivity index (χ4v) is 1.61. The van der Waals surface area contributed by atoms with E-state index in [-0.39, 0.29) is 6.10 Å². The van der Waals surface area contributed by atoms with Crippen LogP contribution in [0.25, 0.3) is 6.08 Å². The highest BCUT2D eigenvalue weighted by molar-refractivity contribution is 5.86. The van der Waals surface area contributed by atoms with Gasteiger partial charge in [-0.2, -0.15) is 0 Å². The van der Waals surface area contributed by atoms with Crippen molar-refractivity contribution in [2.75, 3.05) is 20.8 Å². The first-order valence-corrected chi connectivity index (χ1v) is 6.31. The summed E-state index contributed by atoms with van der Waals surface area (Å²) >= 11 is 0. The molecule has 0 bridgehead atoms. The number of ether oxygens (including phenoxy) is 3. The van der Waals surface area contributed by atoms with E-state index in [9.17, 15) is 4.79 Å². The Morgan fingerprint density at radius 1 is 1.40 bits per heavy atom. The van der Waals surface area contributed by atoms with Gasteiger partial charge >= 0.3 is 5.97 Å². The average molecular weight is 280 g/mol. The predicted octanol–water partition coefficient (Wildman–Crippen LogP) is 2.60. The number of rotatable bonds is 8. The van der Waals surface area contributed by atoms with Gasteiger partial charge in [-0.15, -0.1) is 0 Å². The second kappa shape index (κ2) is 8.22. The van der Waals surface area contributed by atoms with Crippen LogP contribution >= 0.6 is 0 Å². The van der Waals surface area contributed by atoms with E-state index in [0.717, 1.165) is 12.5 Å². The van der Waals surface area contributed by atoms with Gasteiger partial charge in [0.25, 0.3) is 0 Å². The SMILES string of the molecule is COCCC(C)Oc1ccc(OC)cc1/C=C/C(=O)O. The third kappa shape index (κ3) is 5.32. The normalized spacial score (nSPS) is 12.3. The molecule has 1 atom stereocenters. The Bertz CT molecular complexity index is 467. The molecule has 0 spiro atoms. The van der Waals surface area contributed by atoms with Crippen LogP contribution in [0.15, 0.2) is 24.3 Å². The van der Waals surface area contributed by atoms with E-state index in [1.807, 2.05) is 6.92 Å². The van der Waals surface area contributed by atoms with Crippen LogP contribution in [0.1, 0.15) is 18.9 Å². The molecule has 0 saturated carbocycles. The molecule has 1 rings (SSSR count). The quantitative estimate of drug-likeness (QED) is 0.741. The molecule has 1 N–H and O–H groups in total. The molecule has 0 aliphatic carbocycles. The lowest BCUT2D eigenvalue weighted by molar-refractivity contribution is -0.131. The van der Waals surface area contributed by atoms with Crippen LogP contribution in [-0.4, -0.2) is 38.0 Å². The molecule has 5 nitrogen and oxygen atoms in total. The van der Waals surface area contributed by atoms with Crippen LogP contribution in [0.5, 0.6) is 11.5 Å². The van der Waals surface area contributed by atoms with Crippen LogP contribution < -0.4 is 9.47 Å². The summed E-state index contributed by atoms with van der Waals surface area (Å²) in [5.41, 5.74) is 0.663. The van der Waals surface area contributed by atoms with Gasteiger partial charge in [-0.1, -0.05) is 0 Å². The zero-order valence-corrected chi connectivity index (χ0v) is 12.0. The summed E-state index contributed by atoms with van der Waals surface area (Å²) in [5, 5.41) is 8.71. The van der Waals surface area contributed by atoms with E-state index < -0.39 is 5.97 Å². The molecule has 0 aromatic heterocycles. The second-order valence-corrected chi connectivity index (χ2v) is 4.29. The van der Waals surface area contributed by atoms with Gasteiger partial charge in [-0.25, -0.2) is 4.79 Å². The second-order valence-electron chi connectivity index (χ2n) is 4.29. The Hall–Kier alpha value is -2.01. The maximum atomic E-state index is 10.6. The highest BCUT2D eigenvalue weighted by Gasteiger charge is 2.08. The summed E-state index contributed by atoms with van der Waals surface area (Å²) in [6.45, 7) is 2.55. The monoisotopic (exact) mass is 280 g/mol. The number of carboxylic acids is 1. The lowest BCUT2D eigenvalue weighted by Crippen LogP contribution is -2.14. The minimum absolute atomic E-state index is 0.0275. The fraction of sp³-hybridized carbons (Fsp3) is 0.400. The Morgan fingerprint density at radius 2 is 2.15 bits per heavy atom. The van der Waals surface area contributed by atoms with E-state index >= 15 is 0 Å². The van der Waals surface area contributed by atoms with E-state index in [1.165, 1.54) is 6.08 Å². The molecule has 110 valence electrons. The molecule has 1 aromatic rings. The van der Waals surface area contributed by atoms with E-state index in [4.69, 9.17) is 19.3 Å². The minimum Gasteiger partial charge on any atom is -0.497 e. The van der Waals surface area contributed by atoms with Gasteiger partial charge in [-0.05, 0) is 31.2 Å². The van der Waals surface area contributed by atoms with Crippen molar-refractivity contribution in [3.63, 3.8) is 0 Å². The van der Waals surface area contributed by atoms with Crippen molar-refractivity contribution < 1.29 is 24.1 Å². The van der Waals surface area contributed by atoms with Crippen LogP contribution in [0.3, 0.4) is 0 Å². The number of hydrogen-bond acceptors (Lipinski definition) is 4. The predicted molar refractivity (Wildman–Crippen MR) is 76.2 cm³/mol. The first-order valence-electron chi connectivity index (χ1n) is 6.31. The van der Waals surface area contributed by atoms with E-state index in [2.05, 4.69) is 0 Å². The zero-order valence-electron chi connectivity index (χ0n) is 12.0. The fourth-order valence-electron chi connectivity index (χ4n) is 1.61. The van der Waals surface area contributed by atoms with Gasteiger partial charge in [0.15, 0.2) is 0 Å². The number of carboxylic acid groups (broad SMARTS) is 1. The van der Waals surface area contributed by atoms with Gasteiger partial charge in [0, 0.05) is 31.8 Å². The van der Waals surface area contributed by atoms with Gasteiger partial charge in [0.2, 0.25) is 0 Å². The third-order valence-corrected chi connectivity index (χ3v) is 2.68. The van der Waals surface area contributed by atoms with Crippen LogP contribution in [0.2, 0.25) is 0 Å². The Labute approximate surface area is 118 Å². The zero-order chi connectivity index (χ0) is 15.0. The molecule has 0 aliphatic rings. The van der Waals surface area contributed by atoms with Crippen molar-refractivity contribution in [1.82, 2.24) is 0 Å². The standard InChI is InChI=1S/C15H20O5/c1-11(8-9-18-2)20-14-6-5-13(19-3)10-12(14)4-7-15(16)17/h4-7,10-11H,8-9H2,1-3H3,(H,16,17)/b7-4+. The molecular formula is C15H20O5. The van der Waals surface area contributed by atoms with Gasteiger partial charge < -0.3 is 19.3 Å². The minimum atomic E-state index is -1.01. The summed E-state index contributed by atoms with van der Waals surface area (Å²) in [4.78, 5) is 10.6. The summed E-state index contributed by atoms with van der Waals surface area (Å²) in [6.07, 6.45) is 3.29. The summed E-state index contributed by atoms with van der Waals surface area (Å²) in [6, 6.07) is 5.28. The van der Waals surface area contributed by atoms with Gasteiger partial charge in [-0.3, -0.25) is 0 Å². The molecule has 0 saturated heterocycles. The largest absolute Gasteiger partial charge is 0.497 e. The first-order chi connectivity index (χ1) is 9.56. The van der Waals surface area contributed by atoms with Crippen molar-refractivity contribution >= 4 is 12.0 Å². The summed E-state index contributed by atoms with van der Waals surface area (Å²) in [5.74, 6) is 0.255. The summed E-state index contributed by atoms with van der Waals surface area (Å²) in [7, 11) is 3.20. The molecule has 0 heterocycles. The highest BCUT2D eigenvalue weighted by Crippen LogP contribution is 2.26. The molecule has 0 fully saturated rings. The van der Waals surface area contributed by atoms with Crippen molar-refractivity contribution in [3.05, 3.63) is 29.8 Å². The van der Waals surface area contributed by atoms with Crippen LogP contribution in [0, 0.1) is 0 Å². The average Bonchev–Trinajstić information content (AvgIpc) is 2.43. The maximum Gasteiger partial charge on any atom is 0.328 e. The molecule has 1 aromatic carbocycles. The van der Waals surface area contributed by atoms with E-state index in [1.54, 1.807) is 32.4 Å². The van der Waals surface area contributed by atoms with Gasteiger partial charge in [0.1, 0.15) is 11.5 Å². The number of methoxy groups -OCH3 is 2. The third-order valence-electron chi connectivity index (χ3n) is 2.68. The smallest absolute Gasteiger partial charge is 0.328 e. The Morgan fingerprint density at radius 3 is 2.75 bits per heavy atom. The lowest BCUT2D eigenvalue weighted by Gasteiger charge is -2.16. The number of hydrogen-bond donors (Lipinski definition) is 1. The van der Waals surface area contributed by atoms with Gasteiger partial charge in [0.05, 0.1) is 13.2 Å². The van der Waals surface area contributed by atoms with Crippen molar-refractivity contribution in [3.8, 4) is 11.5 Å². The first kappa shape index (κ1) is 16.0. The van der Waals surface area contributed by atoms with Crippen molar-refractivity contribution in [2.24, 2.45) is 0 Å². The number of aliphatic carboxylic acids is 1.